The van der Waals surface area contributed by atoms with Gasteiger partial charge in [-0.3, -0.25) is 4.79 Å². The molecule has 0 atom stereocenters. The molecule has 0 amide bonds. The predicted molar refractivity (Wildman–Crippen MR) is 153 cm³/mol. The number of ether oxygens (including phenoxy) is 1. The molecule has 5 rings (SSSR count). The van der Waals surface area contributed by atoms with Crippen LogP contribution in [0, 0.1) is 6.92 Å². The molecule has 0 radical (unpaired) electrons. The van der Waals surface area contributed by atoms with Crippen LogP contribution in [-0.4, -0.2) is 31.3 Å². The molecule has 196 valence electrons. The summed E-state index contributed by atoms with van der Waals surface area (Å²) in [4.78, 5) is 14.6. The van der Waals surface area contributed by atoms with Gasteiger partial charge < -0.3 is 14.2 Å². The van der Waals surface area contributed by atoms with Crippen molar-refractivity contribution < 1.29 is 14.1 Å². The Kier molecular flexibility index (Phi) is 7.57. The van der Waals surface area contributed by atoms with Crippen molar-refractivity contribution in [1.29, 1.82) is 0 Å². The normalized spacial score (nSPS) is 13.8. The zero-order valence-electron chi connectivity index (χ0n) is 22.2. The van der Waals surface area contributed by atoms with E-state index in [2.05, 4.69) is 77.8 Å². The van der Waals surface area contributed by atoms with Gasteiger partial charge in [0.25, 0.3) is 0 Å². The largest absolute Gasteiger partial charge is 0.465 e. The Morgan fingerprint density at radius 1 is 0.974 bits per heavy atom. The second-order valence-corrected chi connectivity index (χ2v) is 10.5. The SMILES string of the molecule is CCOC(=O)C1(c2ccc(-c3ccc(-c4onc(C)c4N(C)CCCc4ccc(Cl)cc4)cc3)cc2)CC1. The second kappa shape index (κ2) is 11.0. The average Bonchev–Trinajstić information content (AvgIpc) is 3.66. The number of anilines is 1. The standard InChI is InChI=1S/C32H33ClN2O3/c1-4-37-31(36)32(19-20-32)27-15-13-25(14-16-27)24-9-11-26(12-10-24)30-29(22(2)34-38-30)35(3)21-5-6-23-7-17-28(33)18-8-23/h7-18H,4-6,19-21H2,1-3H3. The predicted octanol–water partition coefficient (Wildman–Crippen LogP) is 7.63. The zero-order valence-corrected chi connectivity index (χ0v) is 22.9. The molecule has 1 fully saturated rings. The van der Waals surface area contributed by atoms with Crippen LogP contribution in [0.2, 0.25) is 5.02 Å². The number of hydrogen-bond acceptors (Lipinski definition) is 5. The highest BCUT2D eigenvalue weighted by molar-refractivity contribution is 6.30. The van der Waals surface area contributed by atoms with Crippen molar-refractivity contribution in [3.8, 4) is 22.5 Å². The molecule has 5 nitrogen and oxygen atoms in total. The van der Waals surface area contributed by atoms with E-state index in [9.17, 15) is 4.79 Å². The van der Waals surface area contributed by atoms with E-state index in [1.807, 2.05) is 26.0 Å². The summed E-state index contributed by atoms with van der Waals surface area (Å²) in [6, 6.07) is 24.7. The molecule has 1 saturated carbocycles. The number of aromatic nitrogens is 1. The van der Waals surface area contributed by atoms with Gasteiger partial charge in [-0.2, -0.15) is 0 Å². The molecule has 1 aliphatic rings. The first kappa shape index (κ1) is 26.1. The molecule has 4 aromatic rings. The third-order valence-corrected chi connectivity index (χ3v) is 7.67. The smallest absolute Gasteiger partial charge is 0.316 e. The van der Waals surface area contributed by atoms with E-state index in [1.54, 1.807) is 0 Å². The fourth-order valence-electron chi connectivity index (χ4n) is 5.09. The topological polar surface area (TPSA) is 55.6 Å². The van der Waals surface area contributed by atoms with Crippen LogP contribution in [0.3, 0.4) is 0 Å². The molecule has 0 bridgehead atoms. The van der Waals surface area contributed by atoms with Gasteiger partial charge in [0.05, 0.1) is 12.0 Å². The van der Waals surface area contributed by atoms with Gasteiger partial charge in [-0.05, 0) is 73.9 Å². The summed E-state index contributed by atoms with van der Waals surface area (Å²) >= 11 is 6.01. The Hall–Kier alpha value is -3.57. The molecule has 1 aliphatic carbocycles. The number of rotatable bonds is 10. The van der Waals surface area contributed by atoms with Crippen molar-refractivity contribution in [2.75, 3.05) is 25.1 Å². The first-order valence-corrected chi connectivity index (χ1v) is 13.6. The lowest BCUT2D eigenvalue weighted by Gasteiger charge is -2.19. The van der Waals surface area contributed by atoms with Gasteiger partial charge in [-0.15, -0.1) is 0 Å². The lowest BCUT2D eigenvalue weighted by atomic mass is 9.93. The summed E-state index contributed by atoms with van der Waals surface area (Å²) in [7, 11) is 2.09. The highest BCUT2D eigenvalue weighted by Gasteiger charge is 2.52. The fraction of sp³-hybridized carbons (Fsp3) is 0.312. The first-order chi connectivity index (χ1) is 18.4. The third kappa shape index (κ3) is 5.34. The summed E-state index contributed by atoms with van der Waals surface area (Å²) in [5.41, 5.74) is 6.98. The maximum Gasteiger partial charge on any atom is 0.316 e. The van der Waals surface area contributed by atoms with Gasteiger partial charge in [0.15, 0.2) is 5.76 Å². The molecule has 0 N–H and O–H groups in total. The van der Waals surface area contributed by atoms with Crippen LogP contribution < -0.4 is 4.90 Å². The maximum atomic E-state index is 12.4. The number of aryl methyl sites for hydroxylation is 2. The van der Waals surface area contributed by atoms with Crippen LogP contribution in [0.25, 0.3) is 22.5 Å². The number of carbonyl (C=O) groups excluding carboxylic acids is 1. The Balaban J connectivity index is 1.27. The lowest BCUT2D eigenvalue weighted by molar-refractivity contribution is -0.146. The first-order valence-electron chi connectivity index (χ1n) is 13.2. The van der Waals surface area contributed by atoms with E-state index >= 15 is 0 Å². The summed E-state index contributed by atoms with van der Waals surface area (Å²) in [5.74, 6) is 0.675. The molecular formula is C32H33ClN2O3. The summed E-state index contributed by atoms with van der Waals surface area (Å²) < 4.78 is 11.1. The molecule has 0 saturated heterocycles. The monoisotopic (exact) mass is 528 g/mol. The zero-order chi connectivity index (χ0) is 26.7. The second-order valence-electron chi connectivity index (χ2n) is 10.1. The minimum Gasteiger partial charge on any atom is -0.465 e. The quantitative estimate of drug-likeness (QED) is 0.198. The number of nitrogens with zero attached hydrogens (tertiary/aromatic N) is 2. The molecule has 0 unspecified atom stereocenters. The van der Waals surface area contributed by atoms with Gasteiger partial charge >= 0.3 is 5.97 Å². The Bertz CT molecular complexity index is 1390. The Labute approximate surface area is 229 Å². The maximum absolute atomic E-state index is 12.4. The minimum absolute atomic E-state index is 0.106. The van der Waals surface area contributed by atoms with Gasteiger partial charge in [0.2, 0.25) is 0 Å². The summed E-state index contributed by atoms with van der Waals surface area (Å²) in [5, 5.41) is 5.03. The lowest BCUT2D eigenvalue weighted by Crippen LogP contribution is -2.23. The van der Waals surface area contributed by atoms with Gasteiger partial charge in [-0.1, -0.05) is 77.4 Å². The van der Waals surface area contributed by atoms with E-state index in [4.69, 9.17) is 20.9 Å². The van der Waals surface area contributed by atoms with Gasteiger partial charge in [0.1, 0.15) is 11.4 Å². The van der Waals surface area contributed by atoms with Crippen molar-refractivity contribution in [1.82, 2.24) is 5.16 Å². The van der Waals surface area contributed by atoms with Crippen molar-refractivity contribution in [3.05, 3.63) is 94.6 Å². The highest BCUT2D eigenvalue weighted by atomic mass is 35.5. The van der Waals surface area contributed by atoms with Crippen LogP contribution in [0.4, 0.5) is 5.69 Å². The molecule has 3 aromatic carbocycles. The third-order valence-electron chi connectivity index (χ3n) is 7.42. The molecule has 1 heterocycles. The van der Waals surface area contributed by atoms with Crippen LogP contribution in [0.5, 0.6) is 0 Å². The van der Waals surface area contributed by atoms with E-state index in [0.717, 1.165) is 76.6 Å². The van der Waals surface area contributed by atoms with Gasteiger partial charge in [-0.25, -0.2) is 0 Å². The van der Waals surface area contributed by atoms with Crippen LogP contribution in [-0.2, 0) is 21.4 Å². The van der Waals surface area contributed by atoms with E-state index < -0.39 is 5.41 Å². The average molecular weight is 529 g/mol. The fourth-order valence-corrected chi connectivity index (χ4v) is 5.21. The van der Waals surface area contributed by atoms with Crippen molar-refractivity contribution in [2.45, 2.75) is 44.9 Å². The van der Waals surface area contributed by atoms with Crippen molar-refractivity contribution >= 4 is 23.3 Å². The van der Waals surface area contributed by atoms with Crippen LogP contribution in [0.15, 0.2) is 77.3 Å². The van der Waals surface area contributed by atoms with Crippen LogP contribution in [0.1, 0.15) is 43.0 Å². The van der Waals surface area contributed by atoms with Crippen molar-refractivity contribution in [3.63, 3.8) is 0 Å². The molecule has 6 heteroatoms. The van der Waals surface area contributed by atoms with E-state index in [-0.39, 0.29) is 5.97 Å². The number of carbonyl (C=O) groups is 1. The molecule has 0 aliphatic heterocycles. The van der Waals surface area contributed by atoms with Gasteiger partial charge in [0, 0.05) is 24.2 Å². The minimum atomic E-state index is -0.445. The highest BCUT2D eigenvalue weighted by Crippen LogP contribution is 2.49. The molecule has 0 spiro atoms. The Morgan fingerprint density at radius 2 is 1.58 bits per heavy atom. The van der Waals surface area contributed by atoms with E-state index in [1.165, 1.54) is 5.56 Å². The number of hydrogen-bond donors (Lipinski definition) is 0. The molecular weight excluding hydrogens is 496 g/mol. The summed E-state index contributed by atoms with van der Waals surface area (Å²) in [6.45, 7) is 5.13. The van der Waals surface area contributed by atoms with E-state index in [0.29, 0.717) is 6.61 Å². The van der Waals surface area contributed by atoms with Crippen LogP contribution >= 0.6 is 11.6 Å². The summed E-state index contributed by atoms with van der Waals surface area (Å²) in [6.07, 6.45) is 3.70. The number of halogens is 1. The molecule has 1 aromatic heterocycles. The number of benzene rings is 3. The molecule has 38 heavy (non-hydrogen) atoms. The number of esters is 1. The van der Waals surface area contributed by atoms with Crippen molar-refractivity contribution in [2.24, 2.45) is 0 Å². The Morgan fingerprint density at radius 3 is 2.18 bits per heavy atom.